The maximum absolute atomic E-state index is 6.09. The Labute approximate surface area is 143 Å². The third-order valence-corrected chi connectivity index (χ3v) is 3.93. The highest BCUT2D eigenvalue weighted by molar-refractivity contribution is 6.30. The maximum atomic E-state index is 6.09. The topological polar surface area (TPSA) is 30.5 Å². The molecule has 0 aliphatic carbocycles. The lowest BCUT2D eigenvalue weighted by atomic mass is 10.0. The summed E-state index contributed by atoms with van der Waals surface area (Å²) in [5.41, 5.74) is 4.84. The zero-order valence-electron chi connectivity index (χ0n) is 14.0. The summed E-state index contributed by atoms with van der Waals surface area (Å²) < 4.78 is 10.6. The van der Waals surface area contributed by atoms with Crippen molar-refractivity contribution < 1.29 is 9.47 Å². The molecule has 0 saturated carbocycles. The van der Waals surface area contributed by atoms with Crippen LogP contribution >= 0.6 is 11.6 Å². The minimum Gasteiger partial charge on any atom is -0.497 e. The van der Waals surface area contributed by atoms with E-state index >= 15 is 0 Å². The Morgan fingerprint density at radius 1 is 1.04 bits per heavy atom. The molecule has 3 nitrogen and oxygen atoms in total. The highest BCUT2D eigenvalue weighted by atomic mass is 35.5. The summed E-state index contributed by atoms with van der Waals surface area (Å²) >= 11 is 6.09. The zero-order valence-corrected chi connectivity index (χ0v) is 14.7. The quantitative estimate of drug-likeness (QED) is 0.737. The number of methoxy groups -OCH3 is 2. The molecule has 0 saturated heterocycles. The number of hydrogen-bond donors (Lipinski definition) is 1. The van der Waals surface area contributed by atoms with Gasteiger partial charge in [0.25, 0.3) is 0 Å². The summed E-state index contributed by atoms with van der Waals surface area (Å²) in [6.07, 6.45) is 0.926. The first-order chi connectivity index (χ1) is 11.1. The predicted molar refractivity (Wildman–Crippen MR) is 95.3 cm³/mol. The van der Waals surface area contributed by atoms with E-state index in [1.165, 1.54) is 22.3 Å². The molecule has 2 aromatic rings. The second-order valence-electron chi connectivity index (χ2n) is 5.63. The molecule has 23 heavy (non-hydrogen) atoms. The van der Waals surface area contributed by atoms with Crippen LogP contribution in [0.2, 0.25) is 5.02 Å². The molecule has 0 heterocycles. The molecule has 0 fully saturated rings. The van der Waals surface area contributed by atoms with E-state index in [-0.39, 0.29) is 0 Å². The lowest BCUT2D eigenvalue weighted by molar-refractivity contribution is 0.184. The number of ether oxygens (including phenoxy) is 2. The van der Waals surface area contributed by atoms with E-state index in [4.69, 9.17) is 21.1 Å². The summed E-state index contributed by atoms with van der Waals surface area (Å²) in [5.74, 6) is 0.880. The number of rotatable bonds is 8. The van der Waals surface area contributed by atoms with Gasteiger partial charge in [-0.1, -0.05) is 23.7 Å². The zero-order chi connectivity index (χ0) is 16.7. The van der Waals surface area contributed by atoms with E-state index in [9.17, 15) is 0 Å². The Morgan fingerprint density at radius 3 is 2.57 bits per heavy atom. The molecule has 0 aliphatic rings. The van der Waals surface area contributed by atoms with Crippen molar-refractivity contribution in [3.8, 4) is 5.75 Å². The van der Waals surface area contributed by atoms with Crippen molar-refractivity contribution in [2.45, 2.75) is 26.5 Å². The summed E-state index contributed by atoms with van der Waals surface area (Å²) in [6.45, 7) is 4.37. The first-order valence-corrected chi connectivity index (χ1v) is 8.11. The van der Waals surface area contributed by atoms with Crippen LogP contribution in [0.5, 0.6) is 5.75 Å². The number of hydrogen-bond acceptors (Lipinski definition) is 3. The van der Waals surface area contributed by atoms with E-state index in [1.54, 1.807) is 14.2 Å². The first kappa shape index (κ1) is 17.8. The fourth-order valence-electron chi connectivity index (χ4n) is 2.63. The van der Waals surface area contributed by atoms with Crippen LogP contribution in [0.3, 0.4) is 0 Å². The van der Waals surface area contributed by atoms with Crippen molar-refractivity contribution in [3.63, 3.8) is 0 Å². The average molecular weight is 334 g/mol. The first-order valence-electron chi connectivity index (χ1n) is 7.74. The number of benzene rings is 2. The van der Waals surface area contributed by atoms with Crippen LogP contribution in [0.15, 0.2) is 36.4 Å². The summed E-state index contributed by atoms with van der Waals surface area (Å²) in [4.78, 5) is 0. The molecule has 0 aromatic heterocycles. The molecule has 2 rings (SSSR count). The third-order valence-electron chi connectivity index (χ3n) is 3.72. The Hall–Kier alpha value is -1.55. The minimum atomic E-state index is 0.618. The fourth-order valence-corrected chi connectivity index (χ4v) is 2.94. The Kier molecular flexibility index (Phi) is 6.90. The molecular weight excluding hydrogens is 310 g/mol. The Morgan fingerprint density at radius 2 is 1.87 bits per heavy atom. The lowest BCUT2D eigenvalue weighted by Crippen LogP contribution is -2.17. The Bertz CT molecular complexity index is 623. The van der Waals surface area contributed by atoms with Gasteiger partial charge in [0.05, 0.1) is 13.7 Å². The molecule has 124 valence electrons. The maximum Gasteiger partial charge on any atom is 0.119 e. The van der Waals surface area contributed by atoms with Crippen LogP contribution in [-0.4, -0.2) is 20.8 Å². The van der Waals surface area contributed by atoms with E-state index in [0.717, 1.165) is 30.3 Å². The predicted octanol–water partition coefficient (Wildman–Crippen LogP) is 4.14. The lowest BCUT2D eigenvalue weighted by Gasteiger charge is -2.12. The largest absolute Gasteiger partial charge is 0.497 e. The molecule has 0 aliphatic heterocycles. The number of halogens is 1. The van der Waals surface area contributed by atoms with Crippen LogP contribution in [0, 0.1) is 6.92 Å². The van der Waals surface area contributed by atoms with Crippen LogP contribution < -0.4 is 10.1 Å². The van der Waals surface area contributed by atoms with Crippen LogP contribution in [-0.2, 0) is 24.3 Å². The van der Waals surface area contributed by atoms with Gasteiger partial charge < -0.3 is 14.8 Å². The van der Waals surface area contributed by atoms with Gasteiger partial charge in [0.2, 0.25) is 0 Å². The normalized spacial score (nSPS) is 10.8. The van der Waals surface area contributed by atoms with Gasteiger partial charge in [-0.3, -0.25) is 0 Å². The SMILES string of the molecule is COCc1ccc(OC)cc1CCNCc1cc(C)cc(Cl)c1. The molecule has 0 spiro atoms. The van der Waals surface area contributed by atoms with E-state index in [2.05, 4.69) is 30.4 Å². The standard InChI is InChI=1S/C19H24ClNO2/c1-14-8-15(10-18(20)9-14)12-21-7-6-16-11-19(23-3)5-4-17(16)13-22-2/h4-5,8-11,21H,6-7,12-13H2,1-3H3. The average Bonchev–Trinajstić information content (AvgIpc) is 2.52. The summed E-state index contributed by atoms with van der Waals surface area (Å²) in [6, 6.07) is 12.3. The molecule has 0 atom stereocenters. The molecule has 0 bridgehead atoms. The van der Waals surface area contributed by atoms with Gasteiger partial charge in [0.1, 0.15) is 5.75 Å². The van der Waals surface area contributed by atoms with Crippen LogP contribution in [0.25, 0.3) is 0 Å². The van der Waals surface area contributed by atoms with Crippen molar-refractivity contribution in [1.29, 1.82) is 0 Å². The second-order valence-corrected chi connectivity index (χ2v) is 6.07. The molecule has 4 heteroatoms. The van der Waals surface area contributed by atoms with Gasteiger partial charge >= 0.3 is 0 Å². The molecule has 0 radical (unpaired) electrons. The fraction of sp³-hybridized carbons (Fsp3) is 0.368. The molecular formula is C19H24ClNO2. The third kappa shape index (κ3) is 5.54. The highest BCUT2D eigenvalue weighted by Crippen LogP contribution is 2.19. The molecule has 0 unspecified atom stereocenters. The van der Waals surface area contributed by atoms with Crippen molar-refractivity contribution in [1.82, 2.24) is 5.32 Å². The molecule has 2 aromatic carbocycles. The highest BCUT2D eigenvalue weighted by Gasteiger charge is 2.05. The van der Waals surface area contributed by atoms with Crippen molar-refractivity contribution in [2.75, 3.05) is 20.8 Å². The van der Waals surface area contributed by atoms with Crippen molar-refractivity contribution >= 4 is 11.6 Å². The molecule has 1 N–H and O–H groups in total. The second kappa shape index (κ2) is 8.92. The van der Waals surface area contributed by atoms with Crippen LogP contribution in [0.4, 0.5) is 0 Å². The van der Waals surface area contributed by atoms with Gasteiger partial charge in [-0.2, -0.15) is 0 Å². The van der Waals surface area contributed by atoms with Gasteiger partial charge in [-0.25, -0.2) is 0 Å². The van der Waals surface area contributed by atoms with Gasteiger partial charge in [0.15, 0.2) is 0 Å². The molecule has 0 amide bonds. The summed E-state index contributed by atoms with van der Waals surface area (Å²) in [7, 11) is 3.41. The smallest absolute Gasteiger partial charge is 0.119 e. The van der Waals surface area contributed by atoms with E-state index < -0.39 is 0 Å². The monoisotopic (exact) mass is 333 g/mol. The number of nitrogens with one attached hydrogen (secondary N) is 1. The van der Waals surface area contributed by atoms with Crippen molar-refractivity contribution in [3.05, 3.63) is 63.7 Å². The number of aryl methyl sites for hydroxylation is 1. The summed E-state index contributed by atoms with van der Waals surface area (Å²) in [5, 5.41) is 4.26. The van der Waals surface area contributed by atoms with Crippen LogP contribution in [0.1, 0.15) is 22.3 Å². The van der Waals surface area contributed by atoms with E-state index in [0.29, 0.717) is 6.61 Å². The van der Waals surface area contributed by atoms with Gasteiger partial charge in [-0.05, 0) is 66.4 Å². The van der Waals surface area contributed by atoms with E-state index in [1.807, 2.05) is 18.2 Å². The van der Waals surface area contributed by atoms with Gasteiger partial charge in [0, 0.05) is 18.7 Å². The minimum absolute atomic E-state index is 0.618. The Balaban J connectivity index is 1.92. The van der Waals surface area contributed by atoms with Crippen molar-refractivity contribution in [2.24, 2.45) is 0 Å². The van der Waals surface area contributed by atoms with Gasteiger partial charge in [-0.15, -0.1) is 0 Å².